The van der Waals surface area contributed by atoms with Crippen LogP contribution in [0.15, 0.2) is 206 Å². The molecule has 0 N–H and O–H groups in total. The molecule has 0 fully saturated rings. The molecule has 1 aliphatic carbocycles. The predicted molar refractivity (Wildman–Crippen MR) is 257 cm³/mol. The molecule has 0 radical (unpaired) electrons. The van der Waals surface area contributed by atoms with Crippen LogP contribution in [0.1, 0.15) is 51.7 Å². The Balaban J connectivity index is 0.986. The van der Waals surface area contributed by atoms with Gasteiger partial charge in [-0.15, -0.1) is 0 Å². The molecule has 9 aromatic rings. The summed E-state index contributed by atoms with van der Waals surface area (Å²) >= 11 is 0. The molecule has 0 unspecified atom stereocenters. The van der Waals surface area contributed by atoms with Crippen molar-refractivity contribution in [1.82, 2.24) is 0 Å². The highest BCUT2D eigenvalue weighted by Crippen LogP contribution is 2.47. The Hall–Kier alpha value is -6.90. The molecular weight excluding hydrogens is 725 g/mol. The summed E-state index contributed by atoms with van der Waals surface area (Å²) in [6.45, 7) is 9.60. The number of anilines is 6. The lowest BCUT2D eigenvalue weighted by Gasteiger charge is -2.42. The zero-order valence-electron chi connectivity index (χ0n) is 34.9. The summed E-state index contributed by atoms with van der Waals surface area (Å²) in [6, 6.07) is 75.5. The molecule has 2 nitrogen and oxygen atoms in total. The van der Waals surface area contributed by atoms with Gasteiger partial charge in [0.2, 0.25) is 0 Å². The normalized spacial score (nSPS) is 14.1. The maximum absolute atomic E-state index is 2.46. The van der Waals surface area contributed by atoms with Gasteiger partial charge in [0.15, 0.2) is 0 Å². The van der Waals surface area contributed by atoms with Crippen LogP contribution in [0.25, 0.3) is 43.8 Å². The number of hydrogen-bond donors (Lipinski definition) is 0. The summed E-state index contributed by atoms with van der Waals surface area (Å²) < 4.78 is 0. The Morgan fingerprint density at radius 3 is 1.43 bits per heavy atom. The Labute approximate surface area is 355 Å². The van der Waals surface area contributed by atoms with Crippen molar-refractivity contribution in [2.24, 2.45) is 0 Å². The number of fused-ring (bicyclic) bond motifs is 3. The lowest BCUT2D eigenvalue weighted by Crippen LogP contribution is -2.33. The molecule has 0 aliphatic heterocycles. The van der Waals surface area contributed by atoms with E-state index in [1.807, 2.05) is 0 Å². The first-order valence-electron chi connectivity index (χ1n) is 21.3. The van der Waals surface area contributed by atoms with Gasteiger partial charge in [0.1, 0.15) is 0 Å². The summed E-state index contributed by atoms with van der Waals surface area (Å²) in [5.74, 6) is 0. The molecule has 60 heavy (non-hydrogen) atoms. The average Bonchev–Trinajstić information content (AvgIpc) is 3.29. The second-order valence-electron chi connectivity index (χ2n) is 17.7. The van der Waals surface area contributed by atoms with Crippen LogP contribution in [0.5, 0.6) is 0 Å². The molecule has 0 atom stereocenters. The molecule has 1 aliphatic rings. The van der Waals surface area contributed by atoms with E-state index < -0.39 is 0 Å². The maximum Gasteiger partial charge on any atom is 0.0540 e. The van der Waals surface area contributed by atoms with Gasteiger partial charge < -0.3 is 9.80 Å². The zero-order valence-corrected chi connectivity index (χ0v) is 34.9. The van der Waals surface area contributed by atoms with E-state index in [4.69, 9.17) is 0 Å². The fourth-order valence-corrected chi connectivity index (χ4v) is 9.35. The van der Waals surface area contributed by atoms with Crippen LogP contribution in [0.2, 0.25) is 0 Å². The van der Waals surface area contributed by atoms with Crippen molar-refractivity contribution in [2.75, 3.05) is 9.80 Å². The molecule has 10 rings (SSSR count). The van der Waals surface area contributed by atoms with E-state index in [9.17, 15) is 0 Å². The van der Waals surface area contributed by atoms with Gasteiger partial charge in [-0.05, 0) is 140 Å². The smallest absolute Gasteiger partial charge is 0.0540 e. The van der Waals surface area contributed by atoms with Gasteiger partial charge in [0.05, 0.1) is 5.69 Å². The SMILES string of the molecule is CC1(C)CCC(C)(C)c2cc(-c3ccc(N(c4ccc(-c5ccc(N(c6ccccc6)c6cccc7ccccc67)cc5)cc4)c4ccc5ccccc5c4)cc3)ccc21. The average molecular weight is 775 g/mol. The fourth-order valence-electron chi connectivity index (χ4n) is 9.35. The third-order valence-electron chi connectivity index (χ3n) is 12.9. The molecule has 0 saturated carbocycles. The van der Waals surface area contributed by atoms with Gasteiger partial charge >= 0.3 is 0 Å². The van der Waals surface area contributed by atoms with Crippen molar-refractivity contribution < 1.29 is 0 Å². The Morgan fingerprint density at radius 2 is 0.783 bits per heavy atom. The second kappa shape index (κ2) is 15.0. The predicted octanol–water partition coefficient (Wildman–Crippen LogP) is 16.6. The van der Waals surface area contributed by atoms with E-state index in [0.717, 1.165) is 34.1 Å². The van der Waals surface area contributed by atoms with E-state index in [1.54, 1.807) is 0 Å². The van der Waals surface area contributed by atoms with E-state index in [0.29, 0.717) is 0 Å². The highest BCUT2D eigenvalue weighted by Gasteiger charge is 2.37. The van der Waals surface area contributed by atoms with E-state index in [2.05, 4.69) is 244 Å². The molecule has 0 amide bonds. The van der Waals surface area contributed by atoms with Crippen molar-refractivity contribution in [2.45, 2.75) is 51.4 Å². The highest BCUT2D eigenvalue weighted by molar-refractivity contribution is 5.99. The third kappa shape index (κ3) is 6.92. The lowest BCUT2D eigenvalue weighted by atomic mass is 9.63. The van der Waals surface area contributed by atoms with Crippen molar-refractivity contribution in [1.29, 1.82) is 0 Å². The molecule has 0 aromatic heterocycles. The van der Waals surface area contributed by atoms with Crippen LogP contribution in [0, 0.1) is 0 Å². The summed E-state index contributed by atoms with van der Waals surface area (Å²) in [6.07, 6.45) is 2.43. The van der Waals surface area contributed by atoms with E-state index in [-0.39, 0.29) is 10.8 Å². The largest absolute Gasteiger partial charge is 0.310 e. The van der Waals surface area contributed by atoms with E-state index in [1.165, 1.54) is 67.8 Å². The third-order valence-corrected chi connectivity index (χ3v) is 12.9. The minimum absolute atomic E-state index is 0.169. The molecule has 0 bridgehead atoms. The van der Waals surface area contributed by atoms with Crippen LogP contribution >= 0.6 is 0 Å². The van der Waals surface area contributed by atoms with Gasteiger partial charge in [0, 0.05) is 33.8 Å². The molecule has 0 heterocycles. The summed E-state index contributed by atoms with van der Waals surface area (Å²) in [5.41, 5.74) is 15.0. The molecule has 292 valence electrons. The topological polar surface area (TPSA) is 6.48 Å². The Morgan fingerprint density at radius 1 is 0.317 bits per heavy atom. The number of hydrogen-bond acceptors (Lipinski definition) is 2. The highest BCUT2D eigenvalue weighted by atomic mass is 15.1. The summed E-state index contributed by atoms with van der Waals surface area (Å²) in [7, 11) is 0. The number of para-hydroxylation sites is 1. The first-order valence-corrected chi connectivity index (χ1v) is 21.3. The first kappa shape index (κ1) is 37.4. The minimum atomic E-state index is 0.169. The standard InChI is InChI=1S/C58H50N2/c1-57(2)37-38-58(3,4)55-40-47(28-36-54(55)57)44-25-31-50(32-26-44)59(52-35-27-41-13-8-9-15-46(41)39-52)49-29-21-42(22-30-49)43-23-33-51(34-24-43)60(48-17-6-5-7-18-48)56-20-12-16-45-14-10-11-19-53(45)56/h5-36,39-40H,37-38H2,1-4H3. The number of nitrogens with zero attached hydrogens (tertiary/aromatic N) is 2. The summed E-state index contributed by atoms with van der Waals surface area (Å²) in [5, 5.41) is 4.91. The van der Waals surface area contributed by atoms with E-state index >= 15 is 0 Å². The van der Waals surface area contributed by atoms with Gasteiger partial charge in [-0.1, -0.05) is 167 Å². The zero-order chi connectivity index (χ0) is 40.8. The Kier molecular flexibility index (Phi) is 9.37. The Bertz CT molecular complexity index is 2950. The van der Waals surface area contributed by atoms with Crippen molar-refractivity contribution in [3.8, 4) is 22.3 Å². The summed E-state index contributed by atoms with van der Waals surface area (Å²) in [4.78, 5) is 4.73. The van der Waals surface area contributed by atoms with Crippen LogP contribution in [-0.4, -0.2) is 0 Å². The van der Waals surface area contributed by atoms with Gasteiger partial charge in [0.25, 0.3) is 0 Å². The van der Waals surface area contributed by atoms with Crippen LogP contribution < -0.4 is 9.80 Å². The van der Waals surface area contributed by atoms with Crippen molar-refractivity contribution in [3.05, 3.63) is 217 Å². The first-order chi connectivity index (χ1) is 29.2. The van der Waals surface area contributed by atoms with Gasteiger partial charge in [-0.3, -0.25) is 0 Å². The fraction of sp³-hybridized carbons (Fsp3) is 0.138. The minimum Gasteiger partial charge on any atom is -0.310 e. The molecule has 9 aromatic carbocycles. The van der Waals surface area contributed by atoms with Gasteiger partial charge in [-0.25, -0.2) is 0 Å². The lowest BCUT2D eigenvalue weighted by molar-refractivity contribution is 0.332. The number of benzene rings is 9. The molecule has 2 heteroatoms. The number of rotatable bonds is 8. The molecule has 0 spiro atoms. The van der Waals surface area contributed by atoms with Crippen LogP contribution in [-0.2, 0) is 10.8 Å². The quantitative estimate of drug-likeness (QED) is 0.152. The van der Waals surface area contributed by atoms with Crippen molar-refractivity contribution >= 4 is 55.7 Å². The molecule has 0 saturated heterocycles. The maximum atomic E-state index is 2.46. The van der Waals surface area contributed by atoms with Crippen LogP contribution in [0.3, 0.4) is 0 Å². The monoisotopic (exact) mass is 774 g/mol. The second-order valence-corrected chi connectivity index (χ2v) is 17.7. The van der Waals surface area contributed by atoms with Crippen molar-refractivity contribution in [3.63, 3.8) is 0 Å². The van der Waals surface area contributed by atoms with Gasteiger partial charge in [-0.2, -0.15) is 0 Å². The molecular formula is C58H50N2. The van der Waals surface area contributed by atoms with Crippen LogP contribution in [0.4, 0.5) is 34.1 Å².